The van der Waals surface area contributed by atoms with Gasteiger partial charge < -0.3 is 15.4 Å². The minimum Gasteiger partial charge on any atom is -0.382 e. The Kier molecular flexibility index (Phi) is 3.61. The predicted octanol–water partition coefficient (Wildman–Crippen LogP) is 2.01. The summed E-state index contributed by atoms with van der Waals surface area (Å²) in [6.07, 6.45) is 4.59. The Morgan fingerprint density at radius 3 is 2.89 bits per heavy atom. The molecule has 1 saturated heterocycles. The Balaban J connectivity index is 1.98. The summed E-state index contributed by atoms with van der Waals surface area (Å²) in [5.41, 5.74) is 8.13. The third-order valence-electron chi connectivity index (χ3n) is 3.18. The first-order chi connectivity index (χ1) is 9.36. The molecule has 3 rings (SSSR count). The smallest absolute Gasteiger partial charge is 0.147 e. The molecule has 0 spiro atoms. The quantitative estimate of drug-likeness (QED) is 0.909. The van der Waals surface area contributed by atoms with E-state index in [1.54, 1.807) is 12.4 Å². The van der Waals surface area contributed by atoms with Crippen LogP contribution in [0, 0.1) is 0 Å². The Hall–Kier alpha value is -1.66. The van der Waals surface area contributed by atoms with Crippen LogP contribution in [0.4, 0.5) is 10.8 Å². The van der Waals surface area contributed by atoms with Gasteiger partial charge in [-0.2, -0.15) is 4.37 Å². The second-order valence-corrected chi connectivity index (χ2v) is 5.19. The Morgan fingerprint density at radius 1 is 1.21 bits per heavy atom. The Labute approximate surface area is 116 Å². The molecule has 1 fully saturated rings. The number of rotatable bonds is 2. The van der Waals surface area contributed by atoms with Crippen molar-refractivity contribution in [2.24, 2.45) is 0 Å². The number of nitrogens with two attached hydrogens (primary N) is 1. The van der Waals surface area contributed by atoms with E-state index < -0.39 is 0 Å². The zero-order chi connectivity index (χ0) is 13.1. The Morgan fingerprint density at radius 2 is 2.05 bits per heavy atom. The van der Waals surface area contributed by atoms with Gasteiger partial charge in [0, 0.05) is 32.1 Å². The van der Waals surface area contributed by atoms with Gasteiger partial charge in [0.1, 0.15) is 10.8 Å². The number of aromatic nitrogens is 2. The fourth-order valence-corrected chi connectivity index (χ4v) is 3.14. The van der Waals surface area contributed by atoms with Crippen molar-refractivity contribution in [3.63, 3.8) is 0 Å². The van der Waals surface area contributed by atoms with Crippen molar-refractivity contribution in [2.45, 2.75) is 6.42 Å². The SMILES string of the molecule is Nc1nsc(N2CCCOCC2)c1-c1ccncc1. The van der Waals surface area contributed by atoms with Gasteiger partial charge in [0.2, 0.25) is 0 Å². The van der Waals surface area contributed by atoms with Gasteiger partial charge in [0.15, 0.2) is 0 Å². The molecular formula is C13H16N4OS. The van der Waals surface area contributed by atoms with Crippen molar-refractivity contribution < 1.29 is 4.74 Å². The van der Waals surface area contributed by atoms with Gasteiger partial charge in [-0.05, 0) is 35.6 Å². The minimum atomic E-state index is 0.594. The van der Waals surface area contributed by atoms with Crippen molar-refractivity contribution in [2.75, 3.05) is 36.9 Å². The number of hydrogen-bond acceptors (Lipinski definition) is 6. The molecule has 2 N–H and O–H groups in total. The summed E-state index contributed by atoms with van der Waals surface area (Å²) < 4.78 is 9.82. The normalized spacial score (nSPS) is 16.3. The van der Waals surface area contributed by atoms with Crippen LogP contribution in [0.3, 0.4) is 0 Å². The highest BCUT2D eigenvalue weighted by atomic mass is 32.1. The summed E-state index contributed by atoms with van der Waals surface area (Å²) in [6.45, 7) is 3.46. The van der Waals surface area contributed by atoms with E-state index in [0.717, 1.165) is 48.9 Å². The molecule has 1 aliphatic heterocycles. The van der Waals surface area contributed by atoms with Crippen molar-refractivity contribution in [1.82, 2.24) is 9.36 Å². The standard InChI is InChI=1S/C13H16N4OS/c14-12-11(10-2-4-15-5-3-10)13(19-16-12)17-6-1-8-18-9-7-17/h2-5H,1,6-9H2,(H2,14,16). The number of pyridine rings is 1. The van der Waals surface area contributed by atoms with Gasteiger partial charge in [-0.3, -0.25) is 4.98 Å². The van der Waals surface area contributed by atoms with Crippen molar-refractivity contribution in [3.05, 3.63) is 24.5 Å². The highest BCUT2D eigenvalue weighted by Gasteiger charge is 2.20. The molecule has 0 aliphatic carbocycles. The van der Waals surface area contributed by atoms with Crippen molar-refractivity contribution in [1.29, 1.82) is 0 Å². The highest BCUT2D eigenvalue weighted by Crippen LogP contribution is 2.39. The lowest BCUT2D eigenvalue weighted by Gasteiger charge is -2.21. The summed E-state index contributed by atoms with van der Waals surface area (Å²) in [5.74, 6) is 0.594. The molecule has 0 unspecified atom stereocenters. The molecule has 0 radical (unpaired) electrons. The molecule has 3 heterocycles. The van der Waals surface area contributed by atoms with Crippen molar-refractivity contribution in [3.8, 4) is 11.1 Å². The molecule has 0 bridgehead atoms. The van der Waals surface area contributed by atoms with Crippen LogP contribution >= 0.6 is 11.5 Å². The number of anilines is 2. The maximum absolute atomic E-state index is 6.04. The lowest BCUT2D eigenvalue weighted by molar-refractivity contribution is 0.152. The van der Waals surface area contributed by atoms with Gasteiger partial charge in [0.05, 0.1) is 12.2 Å². The zero-order valence-corrected chi connectivity index (χ0v) is 11.4. The molecule has 6 heteroatoms. The van der Waals surface area contributed by atoms with Crippen molar-refractivity contribution >= 4 is 22.4 Å². The summed E-state index contributed by atoms with van der Waals surface area (Å²) in [7, 11) is 0. The average molecular weight is 276 g/mol. The van der Waals surface area contributed by atoms with Crippen LogP contribution in [0.1, 0.15) is 6.42 Å². The van der Waals surface area contributed by atoms with E-state index in [2.05, 4.69) is 14.3 Å². The molecular weight excluding hydrogens is 260 g/mol. The summed E-state index contributed by atoms with van der Waals surface area (Å²) in [6, 6.07) is 3.94. The fraction of sp³-hybridized carbons (Fsp3) is 0.385. The van der Waals surface area contributed by atoms with E-state index >= 15 is 0 Å². The van der Waals surface area contributed by atoms with Crippen LogP contribution in [-0.2, 0) is 4.74 Å². The average Bonchev–Trinajstić information content (AvgIpc) is 2.67. The molecule has 19 heavy (non-hydrogen) atoms. The molecule has 2 aromatic rings. The third kappa shape index (κ3) is 2.54. The second-order valence-electron chi connectivity index (χ2n) is 4.44. The first kappa shape index (κ1) is 12.4. The lowest BCUT2D eigenvalue weighted by atomic mass is 10.1. The van der Waals surface area contributed by atoms with Gasteiger partial charge in [-0.1, -0.05) is 0 Å². The van der Waals surface area contributed by atoms with Crippen LogP contribution in [-0.4, -0.2) is 35.7 Å². The summed E-state index contributed by atoms with van der Waals surface area (Å²) >= 11 is 1.46. The first-order valence-corrected chi connectivity index (χ1v) is 7.12. The molecule has 1 aliphatic rings. The fourth-order valence-electron chi connectivity index (χ4n) is 2.25. The van der Waals surface area contributed by atoms with E-state index in [-0.39, 0.29) is 0 Å². The van der Waals surface area contributed by atoms with Crippen LogP contribution in [0.15, 0.2) is 24.5 Å². The number of nitrogen functional groups attached to an aromatic ring is 1. The van der Waals surface area contributed by atoms with Crippen LogP contribution in [0.5, 0.6) is 0 Å². The molecule has 0 amide bonds. The molecule has 0 aromatic carbocycles. The van der Waals surface area contributed by atoms with Crippen LogP contribution < -0.4 is 10.6 Å². The van der Waals surface area contributed by atoms with E-state index in [9.17, 15) is 0 Å². The first-order valence-electron chi connectivity index (χ1n) is 6.34. The minimum absolute atomic E-state index is 0.594. The van der Waals surface area contributed by atoms with Gasteiger partial charge in [-0.15, -0.1) is 0 Å². The molecule has 100 valence electrons. The maximum atomic E-state index is 6.04. The molecule has 5 nitrogen and oxygen atoms in total. The summed E-state index contributed by atoms with van der Waals surface area (Å²) in [5, 5.41) is 1.13. The van der Waals surface area contributed by atoms with Crippen LogP contribution in [0.2, 0.25) is 0 Å². The van der Waals surface area contributed by atoms with Crippen LogP contribution in [0.25, 0.3) is 11.1 Å². The number of hydrogen-bond donors (Lipinski definition) is 1. The Bertz CT molecular complexity index is 535. The van der Waals surface area contributed by atoms with E-state index in [0.29, 0.717) is 5.82 Å². The van der Waals surface area contributed by atoms with Gasteiger partial charge in [-0.25, -0.2) is 0 Å². The predicted molar refractivity (Wildman–Crippen MR) is 77.4 cm³/mol. The van der Waals surface area contributed by atoms with E-state index in [4.69, 9.17) is 10.5 Å². The number of nitrogens with zero attached hydrogens (tertiary/aromatic N) is 3. The molecule has 2 aromatic heterocycles. The van der Waals surface area contributed by atoms with E-state index in [1.807, 2.05) is 12.1 Å². The monoisotopic (exact) mass is 276 g/mol. The largest absolute Gasteiger partial charge is 0.382 e. The maximum Gasteiger partial charge on any atom is 0.147 e. The summed E-state index contributed by atoms with van der Waals surface area (Å²) in [4.78, 5) is 6.37. The number of ether oxygens (including phenoxy) is 1. The highest BCUT2D eigenvalue weighted by molar-refractivity contribution is 7.11. The lowest BCUT2D eigenvalue weighted by Crippen LogP contribution is -2.25. The molecule has 0 atom stereocenters. The zero-order valence-electron chi connectivity index (χ0n) is 10.6. The van der Waals surface area contributed by atoms with Gasteiger partial charge in [0.25, 0.3) is 0 Å². The van der Waals surface area contributed by atoms with Gasteiger partial charge >= 0.3 is 0 Å². The second kappa shape index (κ2) is 5.54. The third-order valence-corrected chi connectivity index (χ3v) is 4.10. The van der Waals surface area contributed by atoms with E-state index in [1.165, 1.54) is 11.5 Å². The molecule has 0 saturated carbocycles. The topological polar surface area (TPSA) is 64.3 Å².